The summed E-state index contributed by atoms with van der Waals surface area (Å²) in [4.78, 5) is 13.2. The van der Waals surface area contributed by atoms with Crippen molar-refractivity contribution in [2.45, 2.75) is 49.1 Å². The topological polar surface area (TPSA) is 66.5 Å². The zero-order valence-electron chi connectivity index (χ0n) is 15.5. The van der Waals surface area contributed by atoms with E-state index in [-0.39, 0.29) is 16.8 Å². The van der Waals surface area contributed by atoms with Crippen LogP contribution in [0.1, 0.15) is 42.9 Å². The molecule has 1 amide bonds. The van der Waals surface area contributed by atoms with Crippen molar-refractivity contribution in [1.82, 2.24) is 9.62 Å². The van der Waals surface area contributed by atoms with Crippen molar-refractivity contribution in [2.24, 2.45) is 0 Å². The highest BCUT2D eigenvalue weighted by Crippen LogP contribution is 2.31. The Bertz CT molecular complexity index is 975. The number of benzene rings is 2. The molecule has 1 saturated heterocycles. The minimum atomic E-state index is -3.74. The molecule has 1 N–H and O–H groups in total. The lowest BCUT2D eigenvalue weighted by Gasteiger charge is -2.29. The van der Waals surface area contributed by atoms with Gasteiger partial charge in [0.05, 0.1) is 10.9 Å². The fourth-order valence-electron chi connectivity index (χ4n) is 4.20. The normalized spacial score (nSPS) is 22.6. The predicted octanol–water partition coefficient (Wildman–Crippen LogP) is 3.69. The van der Waals surface area contributed by atoms with Crippen LogP contribution in [0.3, 0.4) is 0 Å². The molecule has 1 aliphatic carbocycles. The van der Waals surface area contributed by atoms with Crippen LogP contribution in [0.5, 0.6) is 0 Å². The summed E-state index contributed by atoms with van der Waals surface area (Å²) in [6.07, 6.45) is 4.11. The van der Waals surface area contributed by atoms with Gasteiger partial charge < -0.3 is 5.32 Å². The Morgan fingerprint density at radius 3 is 2.57 bits per heavy atom. The lowest BCUT2D eigenvalue weighted by molar-refractivity contribution is -0.125. The Morgan fingerprint density at radius 2 is 1.79 bits per heavy atom. The number of aryl methyl sites for hydroxylation is 1. The predicted molar refractivity (Wildman–Crippen MR) is 109 cm³/mol. The number of nitrogens with one attached hydrogen (secondary N) is 1. The zero-order chi connectivity index (χ0) is 19.7. The number of sulfonamides is 1. The molecule has 0 aromatic heterocycles. The molecule has 0 unspecified atom stereocenters. The lowest BCUT2D eigenvalue weighted by Crippen LogP contribution is -2.47. The van der Waals surface area contributed by atoms with E-state index in [2.05, 4.69) is 17.4 Å². The first-order valence-electron chi connectivity index (χ1n) is 9.62. The number of nitrogens with zero attached hydrogens (tertiary/aromatic N) is 1. The monoisotopic (exact) mass is 418 g/mol. The first-order valence-corrected chi connectivity index (χ1v) is 11.4. The van der Waals surface area contributed by atoms with Gasteiger partial charge >= 0.3 is 0 Å². The number of fused-ring (bicyclic) bond motifs is 1. The number of carbonyl (C=O) groups excluding carboxylic acids is 1. The first kappa shape index (κ1) is 19.4. The highest BCUT2D eigenvalue weighted by atomic mass is 35.5. The Balaban J connectivity index is 1.54. The summed E-state index contributed by atoms with van der Waals surface area (Å²) in [5.74, 6) is -0.211. The van der Waals surface area contributed by atoms with E-state index >= 15 is 0 Å². The number of halogens is 1. The molecule has 1 aliphatic heterocycles. The largest absolute Gasteiger partial charge is 0.348 e. The van der Waals surface area contributed by atoms with Gasteiger partial charge in [0.15, 0.2) is 0 Å². The molecule has 2 aliphatic rings. The van der Waals surface area contributed by atoms with Gasteiger partial charge in [0, 0.05) is 11.6 Å². The van der Waals surface area contributed by atoms with E-state index in [1.807, 2.05) is 12.1 Å². The van der Waals surface area contributed by atoms with Gasteiger partial charge in [-0.15, -0.1) is 0 Å². The summed E-state index contributed by atoms with van der Waals surface area (Å²) in [5, 5.41) is 3.59. The fraction of sp³-hybridized carbons (Fsp3) is 0.381. The van der Waals surface area contributed by atoms with Gasteiger partial charge in [0.1, 0.15) is 6.04 Å². The standard InChI is InChI=1S/C21H23ClN2O3S/c22-16-10-12-17(13-11-16)28(26,27)24-14-4-9-20(24)21(25)23-19-8-3-6-15-5-1-2-7-18(15)19/h1-2,5,7,10-13,19-20H,3-4,6,8-9,14H2,(H,23,25)/t19-,20-/m1/s1. The molecule has 2 atom stereocenters. The van der Waals surface area contributed by atoms with Gasteiger partial charge in [0.2, 0.25) is 15.9 Å². The second kappa shape index (κ2) is 7.85. The molecule has 7 heteroatoms. The smallest absolute Gasteiger partial charge is 0.243 e. The molecule has 148 valence electrons. The second-order valence-electron chi connectivity index (χ2n) is 7.38. The van der Waals surface area contributed by atoms with E-state index in [1.165, 1.54) is 22.0 Å². The van der Waals surface area contributed by atoms with Crippen LogP contribution in [0, 0.1) is 0 Å². The lowest BCUT2D eigenvalue weighted by atomic mass is 9.87. The van der Waals surface area contributed by atoms with E-state index in [1.54, 1.807) is 12.1 Å². The van der Waals surface area contributed by atoms with Crippen molar-refractivity contribution in [2.75, 3.05) is 6.54 Å². The molecular weight excluding hydrogens is 396 g/mol. The SMILES string of the molecule is O=C(N[C@@H]1CCCc2ccccc21)[C@H]1CCCN1S(=O)(=O)c1ccc(Cl)cc1. The van der Waals surface area contributed by atoms with Crippen LogP contribution in [0.2, 0.25) is 5.02 Å². The Labute approximate surface area is 170 Å². The first-order chi connectivity index (χ1) is 13.5. The molecule has 0 saturated carbocycles. The van der Waals surface area contributed by atoms with Crippen molar-refractivity contribution in [3.8, 4) is 0 Å². The van der Waals surface area contributed by atoms with Crippen LogP contribution in [0.15, 0.2) is 53.4 Å². The van der Waals surface area contributed by atoms with E-state index in [0.29, 0.717) is 24.4 Å². The van der Waals surface area contributed by atoms with Crippen LogP contribution >= 0.6 is 11.6 Å². The van der Waals surface area contributed by atoms with Crippen molar-refractivity contribution in [3.63, 3.8) is 0 Å². The van der Waals surface area contributed by atoms with Gasteiger partial charge in [-0.25, -0.2) is 8.42 Å². The van der Waals surface area contributed by atoms with Crippen molar-refractivity contribution in [3.05, 3.63) is 64.7 Å². The Kier molecular flexibility index (Phi) is 5.45. The van der Waals surface area contributed by atoms with E-state index in [0.717, 1.165) is 24.8 Å². The summed E-state index contributed by atoms with van der Waals surface area (Å²) in [7, 11) is -3.74. The minimum Gasteiger partial charge on any atom is -0.348 e. The van der Waals surface area contributed by atoms with Gasteiger partial charge in [-0.3, -0.25) is 4.79 Å². The van der Waals surface area contributed by atoms with Crippen molar-refractivity contribution >= 4 is 27.5 Å². The van der Waals surface area contributed by atoms with Gasteiger partial charge in [-0.1, -0.05) is 35.9 Å². The van der Waals surface area contributed by atoms with Gasteiger partial charge in [-0.2, -0.15) is 4.31 Å². The Hall–Kier alpha value is -1.89. The number of carbonyl (C=O) groups is 1. The summed E-state index contributed by atoms with van der Waals surface area (Å²) in [6, 6.07) is 13.5. The molecule has 2 aromatic rings. The molecule has 2 aromatic carbocycles. The van der Waals surface area contributed by atoms with Crippen molar-refractivity contribution < 1.29 is 13.2 Å². The molecule has 0 spiro atoms. The summed E-state index contributed by atoms with van der Waals surface area (Å²) in [6.45, 7) is 0.351. The van der Waals surface area contributed by atoms with Gasteiger partial charge in [-0.05, 0) is 67.5 Å². The van der Waals surface area contributed by atoms with Crippen LogP contribution in [0.25, 0.3) is 0 Å². The number of hydrogen-bond donors (Lipinski definition) is 1. The van der Waals surface area contributed by atoms with Crippen LogP contribution in [0.4, 0.5) is 0 Å². The number of amides is 1. The molecule has 4 rings (SSSR count). The maximum Gasteiger partial charge on any atom is 0.243 e. The molecule has 1 heterocycles. The van der Waals surface area contributed by atoms with Crippen molar-refractivity contribution in [1.29, 1.82) is 0 Å². The average Bonchev–Trinajstić information content (AvgIpc) is 3.20. The Morgan fingerprint density at radius 1 is 1.04 bits per heavy atom. The van der Waals surface area contributed by atoms with Crippen LogP contribution in [-0.4, -0.2) is 31.2 Å². The maximum absolute atomic E-state index is 13.1. The summed E-state index contributed by atoms with van der Waals surface area (Å²) >= 11 is 5.88. The van der Waals surface area contributed by atoms with E-state index < -0.39 is 16.1 Å². The molecule has 1 fully saturated rings. The average molecular weight is 419 g/mol. The summed E-state index contributed by atoms with van der Waals surface area (Å²) in [5.41, 5.74) is 2.41. The third-order valence-corrected chi connectivity index (χ3v) is 7.79. The second-order valence-corrected chi connectivity index (χ2v) is 9.71. The molecular formula is C21H23ClN2O3S. The van der Waals surface area contributed by atoms with Gasteiger partial charge in [0.25, 0.3) is 0 Å². The van der Waals surface area contributed by atoms with Crippen LogP contribution < -0.4 is 5.32 Å². The molecule has 28 heavy (non-hydrogen) atoms. The molecule has 0 radical (unpaired) electrons. The minimum absolute atomic E-state index is 0.0573. The van der Waals surface area contributed by atoms with Crippen LogP contribution in [-0.2, 0) is 21.2 Å². The highest BCUT2D eigenvalue weighted by Gasteiger charge is 2.40. The fourth-order valence-corrected chi connectivity index (χ4v) is 5.99. The number of rotatable bonds is 4. The quantitative estimate of drug-likeness (QED) is 0.823. The van der Waals surface area contributed by atoms with E-state index in [9.17, 15) is 13.2 Å². The maximum atomic E-state index is 13.1. The number of hydrogen-bond acceptors (Lipinski definition) is 3. The molecule has 5 nitrogen and oxygen atoms in total. The third kappa shape index (κ3) is 3.69. The molecule has 0 bridgehead atoms. The highest BCUT2D eigenvalue weighted by molar-refractivity contribution is 7.89. The summed E-state index contributed by atoms with van der Waals surface area (Å²) < 4.78 is 27.4. The van der Waals surface area contributed by atoms with E-state index in [4.69, 9.17) is 11.6 Å². The third-order valence-electron chi connectivity index (χ3n) is 5.61. The zero-order valence-corrected chi connectivity index (χ0v) is 17.0.